The summed E-state index contributed by atoms with van der Waals surface area (Å²) in [6.07, 6.45) is 1.12. The van der Waals surface area contributed by atoms with Crippen molar-refractivity contribution in [2.24, 2.45) is 4.36 Å². The maximum Gasteiger partial charge on any atom is 0.382 e. The van der Waals surface area contributed by atoms with Crippen LogP contribution in [0.3, 0.4) is 0 Å². The number of carbonyl (C=O) groups is 1. The van der Waals surface area contributed by atoms with Gasteiger partial charge in [-0.3, -0.25) is 0 Å². The van der Waals surface area contributed by atoms with Crippen molar-refractivity contribution in [1.29, 1.82) is 0 Å². The highest BCUT2D eigenvalue weighted by atomic mass is 32.1. The monoisotopic (exact) mass is 143 g/mol. The zero-order chi connectivity index (χ0) is 6.69. The van der Waals surface area contributed by atoms with Gasteiger partial charge in [-0.2, -0.15) is 0 Å². The SMILES string of the molecule is O=C(N=S)n1cnnn1. The number of carbonyl (C=O) groups excluding carboxylic acids is 1. The molecule has 0 bridgehead atoms. The number of hydrogen-bond donors (Lipinski definition) is 0. The third kappa shape index (κ3) is 1.11. The van der Waals surface area contributed by atoms with Crippen molar-refractivity contribution in [2.45, 2.75) is 0 Å². The Labute approximate surface area is 55.0 Å². The predicted octanol–water partition coefficient (Wildman–Crippen LogP) is -0.628. The van der Waals surface area contributed by atoms with Crippen LogP contribution in [-0.2, 0) is 12.4 Å². The van der Waals surface area contributed by atoms with E-state index in [1.807, 2.05) is 0 Å². The van der Waals surface area contributed by atoms with E-state index in [0.717, 1.165) is 11.0 Å². The topological polar surface area (TPSA) is 73.0 Å². The van der Waals surface area contributed by atoms with Gasteiger partial charge in [-0.1, -0.05) is 0 Å². The molecule has 1 rings (SSSR count). The lowest BCUT2D eigenvalue weighted by atomic mass is 11.0. The van der Waals surface area contributed by atoms with Crippen molar-refractivity contribution >= 4 is 18.5 Å². The van der Waals surface area contributed by atoms with E-state index in [2.05, 4.69) is 32.3 Å². The van der Waals surface area contributed by atoms with Gasteiger partial charge in [-0.05, 0) is 10.4 Å². The van der Waals surface area contributed by atoms with Crippen LogP contribution in [0.2, 0.25) is 0 Å². The van der Waals surface area contributed by atoms with E-state index >= 15 is 0 Å². The van der Waals surface area contributed by atoms with Crippen LogP contribution in [0.5, 0.6) is 0 Å². The van der Waals surface area contributed by atoms with Crippen molar-refractivity contribution in [1.82, 2.24) is 20.2 Å². The van der Waals surface area contributed by atoms with Crippen molar-refractivity contribution in [2.75, 3.05) is 0 Å². The summed E-state index contributed by atoms with van der Waals surface area (Å²) >= 11 is 4.08. The molecule has 0 saturated carbocycles. The zero-order valence-electron chi connectivity index (χ0n) is 4.13. The predicted molar refractivity (Wildman–Crippen MR) is 28.4 cm³/mol. The van der Waals surface area contributed by atoms with Crippen LogP contribution < -0.4 is 0 Å². The highest BCUT2D eigenvalue weighted by molar-refractivity contribution is 7.47. The summed E-state index contributed by atoms with van der Waals surface area (Å²) in [4.78, 5) is 10.4. The van der Waals surface area contributed by atoms with Crippen LogP contribution in [0.25, 0.3) is 0 Å². The lowest BCUT2D eigenvalue weighted by Crippen LogP contribution is -2.05. The van der Waals surface area contributed by atoms with Gasteiger partial charge in [0.15, 0.2) is 0 Å². The van der Waals surface area contributed by atoms with Gasteiger partial charge in [0.1, 0.15) is 6.33 Å². The second-order valence-electron chi connectivity index (χ2n) is 1.13. The molecule has 0 spiro atoms. The van der Waals surface area contributed by atoms with Crippen LogP contribution in [-0.4, -0.2) is 26.2 Å². The zero-order valence-corrected chi connectivity index (χ0v) is 4.95. The first-order chi connectivity index (χ1) is 4.34. The van der Waals surface area contributed by atoms with Crippen molar-refractivity contribution in [3.05, 3.63) is 6.33 Å². The maximum atomic E-state index is 10.4. The molecule has 0 aliphatic rings. The fourth-order valence-corrected chi connectivity index (χ4v) is 0.374. The molecule has 1 heterocycles. The van der Waals surface area contributed by atoms with E-state index in [0.29, 0.717) is 0 Å². The fraction of sp³-hybridized carbons (Fsp3) is 0. The molecule has 1 aromatic rings. The first-order valence-corrected chi connectivity index (χ1v) is 2.32. The Bertz CT molecular complexity index is 217. The summed E-state index contributed by atoms with van der Waals surface area (Å²) in [7, 11) is 0. The summed E-state index contributed by atoms with van der Waals surface area (Å²) in [5.41, 5.74) is 0. The molecular weight excluding hydrogens is 142 g/mol. The fourth-order valence-electron chi connectivity index (χ4n) is 0.291. The Hall–Kier alpha value is -1.24. The molecular formula is C2HN5OS. The third-order valence-corrected chi connectivity index (χ3v) is 0.779. The minimum atomic E-state index is -0.657. The van der Waals surface area contributed by atoms with Crippen molar-refractivity contribution in [3.8, 4) is 0 Å². The molecule has 6 nitrogen and oxygen atoms in total. The molecule has 0 atom stereocenters. The van der Waals surface area contributed by atoms with E-state index in [1.165, 1.54) is 0 Å². The number of amides is 1. The second kappa shape index (κ2) is 2.35. The number of aromatic nitrogens is 4. The average molecular weight is 143 g/mol. The van der Waals surface area contributed by atoms with Crippen LogP contribution >= 0.6 is 0 Å². The van der Waals surface area contributed by atoms with E-state index in [4.69, 9.17) is 0 Å². The molecule has 0 fully saturated rings. The van der Waals surface area contributed by atoms with Gasteiger partial charge in [-0.15, -0.1) is 14.1 Å². The molecule has 9 heavy (non-hydrogen) atoms. The maximum absolute atomic E-state index is 10.4. The van der Waals surface area contributed by atoms with Gasteiger partial charge in [0.25, 0.3) is 0 Å². The Morgan fingerprint density at radius 1 is 1.78 bits per heavy atom. The molecule has 0 aromatic carbocycles. The molecule has 7 heteroatoms. The molecule has 0 aliphatic carbocycles. The summed E-state index contributed by atoms with van der Waals surface area (Å²) in [5, 5.41) is 9.63. The standard InChI is InChI=1S/C2HN5OS/c8-2(4-9)7-1-3-5-6-7/h1H. The lowest BCUT2D eigenvalue weighted by molar-refractivity contribution is 0.248. The molecule has 0 unspecified atom stereocenters. The largest absolute Gasteiger partial charge is 0.382 e. The number of rotatable bonds is 0. The van der Waals surface area contributed by atoms with Gasteiger partial charge in [0, 0.05) is 12.4 Å². The Morgan fingerprint density at radius 3 is 3.00 bits per heavy atom. The smallest absolute Gasteiger partial charge is 0.242 e. The first-order valence-electron chi connectivity index (χ1n) is 1.95. The summed E-state index contributed by atoms with van der Waals surface area (Å²) in [5.74, 6) is 0. The molecule has 0 aliphatic heterocycles. The summed E-state index contributed by atoms with van der Waals surface area (Å²) < 4.78 is 3.74. The minimum Gasteiger partial charge on any atom is -0.242 e. The highest BCUT2D eigenvalue weighted by Crippen LogP contribution is 1.79. The van der Waals surface area contributed by atoms with Gasteiger partial charge < -0.3 is 0 Å². The number of nitrogens with zero attached hydrogens (tertiary/aromatic N) is 5. The quantitative estimate of drug-likeness (QED) is 0.452. The van der Waals surface area contributed by atoms with Crippen molar-refractivity contribution < 1.29 is 4.79 Å². The third-order valence-electron chi connectivity index (χ3n) is 0.623. The Morgan fingerprint density at radius 2 is 2.56 bits per heavy atom. The van der Waals surface area contributed by atoms with Gasteiger partial charge >= 0.3 is 6.03 Å². The van der Waals surface area contributed by atoms with Crippen molar-refractivity contribution in [3.63, 3.8) is 0 Å². The lowest BCUT2D eigenvalue weighted by Gasteiger charge is -1.82. The average Bonchev–Trinajstić information content (AvgIpc) is 2.37. The number of tetrazole rings is 1. The van der Waals surface area contributed by atoms with E-state index in [-0.39, 0.29) is 0 Å². The normalized spacial score (nSPS) is 8.89. The number of hydrogen-bond acceptors (Lipinski definition) is 5. The molecule has 1 aromatic heterocycles. The summed E-state index contributed by atoms with van der Waals surface area (Å²) in [6, 6.07) is -0.657. The molecule has 0 radical (unpaired) electrons. The van der Waals surface area contributed by atoms with Crippen LogP contribution in [0, 0.1) is 0 Å². The molecule has 1 amide bonds. The summed E-state index contributed by atoms with van der Waals surface area (Å²) in [6.45, 7) is 0. The molecule has 0 saturated heterocycles. The minimum absolute atomic E-state index is 0.657. The van der Waals surface area contributed by atoms with Gasteiger partial charge in [-0.25, -0.2) is 4.79 Å². The van der Waals surface area contributed by atoms with Crippen LogP contribution in [0.4, 0.5) is 4.79 Å². The van der Waals surface area contributed by atoms with E-state index in [9.17, 15) is 4.79 Å². The molecule has 46 valence electrons. The molecule has 0 N–H and O–H groups in total. The Kier molecular flexibility index (Phi) is 1.54. The first kappa shape index (κ1) is 5.89. The van der Waals surface area contributed by atoms with Gasteiger partial charge in [0.2, 0.25) is 0 Å². The van der Waals surface area contributed by atoms with Crippen LogP contribution in [0.1, 0.15) is 0 Å². The van der Waals surface area contributed by atoms with E-state index in [1.54, 1.807) is 0 Å². The highest BCUT2D eigenvalue weighted by Gasteiger charge is 2.00. The van der Waals surface area contributed by atoms with E-state index < -0.39 is 6.03 Å². The van der Waals surface area contributed by atoms with Crippen LogP contribution in [0.15, 0.2) is 10.7 Å². The second-order valence-corrected chi connectivity index (χ2v) is 1.31. The Balaban J connectivity index is 2.89. The van der Waals surface area contributed by atoms with Gasteiger partial charge in [0.05, 0.1) is 0 Å².